The van der Waals surface area contributed by atoms with E-state index in [2.05, 4.69) is 21.2 Å². The molecule has 0 atom stereocenters. The highest BCUT2D eigenvalue weighted by Gasteiger charge is 2.06. The minimum Gasteiger partial charge on any atom is -0.496 e. The van der Waals surface area contributed by atoms with Crippen LogP contribution in [0.15, 0.2) is 16.6 Å². The van der Waals surface area contributed by atoms with Crippen molar-refractivity contribution in [3.63, 3.8) is 0 Å². The second-order valence-electron chi connectivity index (χ2n) is 2.77. The summed E-state index contributed by atoms with van der Waals surface area (Å²) in [5, 5.41) is 3.13. The molecule has 0 saturated heterocycles. The molecular formula is C9H11BrN2OS. The highest BCUT2D eigenvalue weighted by molar-refractivity contribution is 9.10. The minimum absolute atomic E-state index is 0.244. The molecule has 0 bridgehead atoms. The standard InChI is InChI=1S/C9H11BrN2OS/c1-5-7(12-9(11)14)3-6(10)4-8(5)13-2/h3-4H,1-2H3,(H3,11,12,14). The van der Waals surface area contributed by atoms with Crippen molar-refractivity contribution in [2.24, 2.45) is 5.73 Å². The highest BCUT2D eigenvalue weighted by Crippen LogP contribution is 2.30. The molecule has 3 N–H and O–H groups in total. The Labute approximate surface area is 96.8 Å². The van der Waals surface area contributed by atoms with E-state index in [0.29, 0.717) is 0 Å². The van der Waals surface area contributed by atoms with E-state index in [1.54, 1.807) is 7.11 Å². The molecule has 0 fully saturated rings. The third kappa shape index (κ3) is 2.59. The van der Waals surface area contributed by atoms with Crippen LogP contribution in [-0.2, 0) is 0 Å². The Morgan fingerprint density at radius 3 is 2.71 bits per heavy atom. The highest BCUT2D eigenvalue weighted by atomic mass is 79.9. The number of ether oxygens (including phenoxy) is 1. The Bertz CT molecular complexity index is 368. The molecular weight excluding hydrogens is 264 g/mol. The average molecular weight is 275 g/mol. The normalized spacial score (nSPS) is 9.64. The molecule has 1 rings (SSSR count). The first-order valence-corrected chi connectivity index (χ1v) is 5.15. The fourth-order valence-corrected chi connectivity index (χ4v) is 1.68. The molecule has 1 aromatic carbocycles. The largest absolute Gasteiger partial charge is 0.496 e. The van der Waals surface area contributed by atoms with Gasteiger partial charge in [-0.05, 0) is 31.3 Å². The topological polar surface area (TPSA) is 47.3 Å². The molecule has 1 aromatic rings. The third-order valence-corrected chi connectivity index (χ3v) is 2.36. The Morgan fingerprint density at radius 1 is 1.57 bits per heavy atom. The molecule has 76 valence electrons. The van der Waals surface area contributed by atoms with Crippen LogP contribution in [0, 0.1) is 6.92 Å². The maximum Gasteiger partial charge on any atom is 0.168 e. The SMILES string of the molecule is COc1cc(Br)cc(NC(N)=S)c1C. The Hall–Kier alpha value is -0.810. The molecule has 0 aliphatic carbocycles. The lowest BCUT2D eigenvalue weighted by atomic mass is 10.2. The smallest absolute Gasteiger partial charge is 0.168 e. The Kier molecular flexibility index (Phi) is 3.71. The summed E-state index contributed by atoms with van der Waals surface area (Å²) in [6.07, 6.45) is 0. The van der Waals surface area contributed by atoms with Crippen molar-refractivity contribution in [3.8, 4) is 5.75 Å². The summed E-state index contributed by atoms with van der Waals surface area (Å²) < 4.78 is 6.11. The van der Waals surface area contributed by atoms with Crippen molar-refractivity contribution in [1.82, 2.24) is 0 Å². The number of nitrogens with one attached hydrogen (secondary N) is 1. The van der Waals surface area contributed by atoms with Crippen LogP contribution in [-0.4, -0.2) is 12.2 Å². The number of halogens is 1. The van der Waals surface area contributed by atoms with Gasteiger partial charge in [-0.15, -0.1) is 0 Å². The van der Waals surface area contributed by atoms with Crippen molar-refractivity contribution < 1.29 is 4.74 Å². The van der Waals surface area contributed by atoms with Gasteiger partial charge in [0, 0.05) is 15.7 Å². The molecule has 0 saturated carbocycles. The first-order valence-electron chi connectivity index (χ1n) is 3.95. The van der Waals surface area contributed by atoms with Gasteiger partial charge in [-0.1, -0.05) is 15.9 Å². The van der Waals surface area contributed by atoms with Crippen molar-refractivity contribution in [2.45, 2.75) is 6.92 Å². The lowest BCUT2D eigenvalue weighted by Gasteiger charge is -2.12. The summed E-state index contributed by atoms with van der Waals surface area (Å²) in [5.41, 5.74) is 7.23. The number of rotatable bonds is 2. The first kappa shape index (κ1) is 11.3. The summed E-state index contributed by atoms with van der Waals surface area (Å²) in [6.45, 7) is 1.94. The summed E-state index contributed by atoms with van der Waals surface area (Å²) in [7, 11) is 1.62. The zero-order valence-corrected chi connectivity index (χ0v) is 10.3. The van der Waals surface area contributed by atoms with E-state index in [1.807, 2.05) is 19.1 Å². The van der Waals surface area contributed by atoms with E-state index < -0.39 is 0 Å². The molecule has 14 heavy (non-hydrogen) atoms. The molecule has 5 heteroatoms. The molecule has 3 nitrogen and oxygen atoms in total. The lowest BCUT2D eigenvalue weighted by Crippen LogP contribution is -2.19. The predicted octanol–water partition coefficient (Wildman–Crippen LogP) is 2.42. The fourth-order valence-electron chi connectivity index (χ4n) is 1.13. The van der Waals surface area contributed by atoms with Crippen molar-refractivity contribution in [2.75, 3.05) is 12.4 Å². The number of hydrogen-bond donors (Lipinski definition) is 2. The summed E-state index contributed by atoms with van der Waals surface area (Å²) in [5.74, 6) is 0.790. The number of thiocarbonyl (C=S) groups is 1. The van der Waals surface area contributed by atoms with Crippen LogP contribution in [0.4, 0.5) is 5.69 Å². The second kappa shape index (κ2) is 4.61. The van der Waals surface area contributed by atoms with E-state index in [-0.39, 0.29) is 5.11 Å². The fraction of sp³-hybridized carbons (Fsp3) is 0.222. The summed E-state index contributed by atoms with van der Waals surface area (Å²) in [6, 6.07) is 3.79. The number of hydrogen-bond acceptors (Lipinski definition) is 2. The van der Waals surface area contributed by atoms with Crippen LogP contribution in [0.3, 0.4) is 0 Å². The van der Waals surface area contributed by atoms with E-state index in [9.17, 15) is 0 Å². The average Bonchev–Trinajstić information content (AvgIpc) is 2.09. The molecule has 0 amide bonds. The van der Waals surface area contributed by atoms with Gasteiger partial charge in [0.25, 0.3) is 0 Å². The van der Waals surface area contributed by atoms with Crippen LogP contribution >= 0.6 is 28.1 Å². The predicted molar refractivity (Wildman–Crippen MR) is 65.8 cm³/mol. The van der Waals surface area contributed by atoms with Crippen LogP contribution < -0.4 is 15.8 Å². The van der Waals surface area contributed by atoms with Gasteiger partial charge in [0.1, 0.15) is 5.75 Å². The number of benzene rings is 1. The summed E-state index contributed by atoms with van der Waals surface area (Å²) in [4.78, 5) is 0. The van der Waals surface area contributed by atoms with E-state index in [4.69, 9.17) is 22.7 Å². The Morgan fingerprint density at radius 2 is 2.21 bits per heavy atom. The Balaban J connectivity index is 3.15. The quantitative estimate of drug-likeness (QED) is 0.814. The maximum atomic E-state index is 5.40. The number of methoxy groups -OCH3 is 1. The molecule has 0 radical (unpaired) electrons. The zero-order valence-electron chi connectivity index (χ0n) is 7.93. The van der Waals surface area contributed by atoms with Crippen molar-refractivity contribution >= 4 is 38.9 Å². The second-order valence-corrected chi connectivity index (χ2v) is 4.13. The van der Waals surface area contributed by atoms with Gasteiger partial charge in [0.2, 0.25) is 0 Å². The van der Waals surface area contributed by atoms with Gasteiger partial charge in [-0.2, -0.15) is 0 Å². The van der Waals surface area contributed by atoms with Gasteiger partial charge in [-0.25, -0.2) is 0 Å². The first-order chi connectivity index (χ1) is 6.54. The monoisotopic (exact) mass is 274 g/mol. The van der Waals surface area contributed by atoms with Crippen molar-refractivity contribution in [1.29, 1.82) is 0 Å². The molecule has 0 aliphatic heterocycles. The molecule has 0 heterocycles. The van der Waals surface area contributed by atoms with Gasteiger partial charge in [-0.3, -0.25) is 0 Å². The van der Waals surface area contributed by atoms with Gasteiger partial charge in [0.15, 0.2) is 5.11 Å². The maximum absolute atomic E-state index is 5.40. The number of anilines is 1. The molecule has 0 aromatic heterocycles. The number of nitrogens with two attached hydrogens (primary N) is 1. The third-order valence-electron chi connectivity index (χ3n) is 1.80. The van der Waals surface area contributed by atoms with Crippen molar-refractivity contribution in [3.05, 3.63) is 22.2 Å². The van der Waals surface area contributed by atoms with Crippen LogP contribution in [0.1, 0.15) is 5.56 Å². The van der Waals surface area contributed by atoms with E-state index in [0.717, 1.165) is 21.5 Å². The van der Waals surface area contributed by atoms with Crippen LogP contribution in [0.5, 0.6) is 5.75 Å². The zero-order chi connectivity index (χ0) is 10.7. The minimum atomic E-state index is 0.244. The van der Waals surface area contributed by atoms with Gasteiger partial charge in [0.05, 0.1) is 7.11 Å². The molecule has 0 unspecified atom stereocenters. The van der Waals surface area contributed by atoms with E-state index in [1.165, 1.54) is 0 Å². The van der Waals surface area contributed by atoms with Crippen LogP contribution in [0.2, 0.25) is 0 Å². The van der Waals surface area contributed by atoms with E-state index >= 15 is 0 Å². The van der Waals surface area contributed by atoms with Gasteiger partial charge >= 0.3 is 0 Å². The van der Waals surface area contributed by atoms with Gasteiger partial charge < -0.3 is 15.8 Å². The molecule has 0 spiro atoms. The molecule has 0 aliphatic rings. The summed E-state index contributed by atoms with van der Waals surface area (Å²) >= 11 is 8.14. The lowest BCUT2D eigenvalue weighted by molar-refractivity contribution is 0.411. The van der Waals surface area contributed by atoms with Crippen LogP contribution in [0.25, 0.3) is 0 Å².